The molecule has 22 heavy (non-hydrogen) atoms. The van der Waals surface area contributed by atoms with Gasteiger partial charge in [0.2, 0.25) is 0 Å². The summed E-state index contributed by atoms with van der Waals surface area (Å²) in [5, 5.41) is 3.75. The molecule has 0 aliphatic heterocycles. The van der Waals surface area contributed by atoms with Gasteiger partial charge in [0.15, 0.2) is 0 Å². The maximum absolute atomic E-state index is 3.75. The van der Waals surface area contributed by atoms with Crippen molar-refractivity contribution in [1.29, 1.82) is 0 Å². The lowest BCUT2D eigenvalue weighted by atomic mass is 10.0. The maximum atomic E-state index is 3.75. The van der Waals surface area contributed by atoms with Crippen molar-refractivity contribution >= 4 is 0 Å². The SMILES string of the molecule is CCCCCCCCC(CC=C(C)C)NCc1ccccc1. The summed E-state index contributed by atoms with van der Waals surface area (Å²) in [6.45, 7) is 7.65. The second kappa shape index (κ2) is 12.5. The Morgan fingerprint density at radius 2 is 1.68 bits per heavy atom. The van der Waals surface area contributed by atoms with Crippen molar-refractivity contribution in [3.8, 4) is 0 Å². The van der Waals surface area contributed by atoms with Crippen LogP contribution < -0.4 is 5.32 Å². The van der Waals surface area contributed by atoms with E-state index in [-0.39, 0.29) is 0 Å². The van der Waals surface area contributed by atoms with Crippen molar-refractivity contribution in [2.24, 2.45) is 0 Å². The van der Waals surface area contributed by atoms with E-state index in [9.17, 15) is 0 Å². The quantitative estimate of drug-likeness (QED) is 0.355. The van der Waals surface area contributed by atoms with Crippen molar-refractivity contribution in [2.75, 3.05) is 0 Å². The second-order valence-electron chi connectivity index (χ2n) is 6.64. The Bertz CT molecular complexity index is 390. The normalized spacial score (nSPS) is 12.1. The molecule has 1 aromatic rings. The third-order valence-electron chi connectivity index (χ3n) is 4.15. The molecule has 0 fully saturated rings. The van der Waals surface area contributed by atoms with Crippen LogP contribution in [0.2, 0.25) is 0 Å². The third-order valence-corrected chi connectivity index (χ3v) is 4.15. The predicted octanol–water partition coefficient (Wildman–Crippen LogP) is 6.25. The molecular formula is C21H35N. The highest BCUT2D eigenvalue weighted by Crippen LogP contribution is 2.12. The number of benzene rings is 1. The number of unbranched alkanes of at least 4 members (excludes halogenated alkanes) is 5. The molecular weight excluding hydrogens is 266 g/mol. The van der Waals surface area contributed by atoms with E-state index < -0.39 is 0 Å². The number of hydrogen-bond acceptors (Lipinski definition) is 1. The zero-order valence-corrected chi connectivity index (χ0v) is 14.9. The monoisotopic (exact) mass is 301 g/mol. The fourth-order valence-electron chi connectivity index (χ4n) is 2.71. The Hall–Kier alpha value is -1.08. The zero-order chi connectivity index (χ0) is 16.0. The van der Waals surface area contributed by atoms with Gasteiger partial charge in [-0.05, 0) is 32.3 Å². The lowest BCUT2D eigenvalue weighted by Crippen LogP contribution is -2.28. The average molecular weight is 302 g/mol. The van der Waals surface area contributed by atoms with Gasteiger partial charge in [-0.3, -0.25) is 0 Å². The molecule has 0 saturated carbocycles. The molecule has 1 heteroatoms. The van der Waals surface area contributed by atoms with Gasteiger partial charge in [-0.1, -0.05) is 87.4 Å². The molecule has 1 nitrogen and oxygen atoms in total. The Morgan fingerprint density at radius 1 is 1.00 bits per heavy atom. The van der Waals surface area contributed by atoms with Crippen molar-refractivity contribution in [2.45, 2.75) is 84.7 Å². The van der Waals surface area contributed by atoms with Crippen LogP contribution in [0.3, 0.4) is 0 Å². The van der Waals surface area contributed by atoms with E-state index in [1.807, 2.05) is 0 Å². The fraction of sp³-hybridized carbons (Fsp3) is 0.619. The van der Waals surface area contributed by atoms with Crippen molar-refractivity contribution < 1.29 is 0 Å². The van der Waals surface area contributed by atoms with E-state index in [2.05, 4.69) is 62.5 Å². The van der Waals surface area contributed by atoms with Crippen molar-refractivity contribution in [3.05, 3.63) is 47.5 Å². The number of hydrogen-bond donors (Lipinski definition) is 1. The van der Waals surface area contributed by atoms with E-state index in [1.165, 1.54) is 56.1 Å². The van der Waals surface area contributed by atoms with Gasteiger partial charge in [-0.2, -0.15) is 0 Å². The average Bonchev–Trinajstić information content (AvgIpc) is 2.53. The molecule has 0 aliphatic rings. The van der Waals surface area contributed by atoms with E-state index >= 15 is 0 Å². The Kier molecular flexibility index (Phi) is 10.7. The summed E-state index contributed by atoms with van der Waals surface area (Å²) in [6.07, 6.45) is 13.1. The number of allylic oxidation sites excluding steroid dienone is 1. The molecule has 1 unspecified atom stereocenters. The summed E-state index contributed by atoms with van der Waals surface area (Å²) < 4.78 is 0. The lowest BCUT2D eigenvalue weighted by molar-refractivity contribution is 0.453. The summed E-state index contributed by atoms with van der Waals surface area (Å²) in [5.74, 6) is 0. The standard InChI is InChI=1S/C21H35N/c1-4-5-6-7-8-12-15-21(17-16-19(2)3)22-18-20-13-10-9-11-14-20/h9-11,13-14,16,21-22H,4-8,12,15,17-18H2,1-3H3. The van der Waals surface area contributed by atoms with Gasteiger partial charge in [-0.15, -0.1) is 0 Å². The van der Waals surface area contributed by atoms with Crippen molar-refractivity contribution in [1.82, 2.24) is 5.32 Å². The van der Waals surface area contributed by atoms with Gasteiger partial charge < -0.3 is 5.32 Å². The predicted molar refractivity (Wildman–Crippen MR) is 99.1 cm³/mol. The second-order valence-corrected chi connectivity index (χ2v) is 6.64. The van der Waals surface area contributed by atoms with Crippen LogP contribution in [0.1, 0.15) is 77.7 Å². The molecule has 0 aliphatic carbocycles. The smallest absolute Gasteiger partial charge is 0.0208 e. The molecule has 0 heterocycles. The van der Waals surface area contributed by atoms with Crippen LogP contribution in [-0.4, -0.2) is 6.04 Å². The Labute approximate surface area is 138 Å². The van der Waals surface area contributed by atoms with Crippen LogP contribution in [0.5, 0.6) is 0 Å². The first-order valence-electron chi connectivity index (χ1n) is 9.13. The first-order valence-corrected chi connectivity index (χ1v) is 9.13. The van der Waals surface area contributed by atoms with E-state index in [4.69, 9.17) is 0 Å². The Morgan fingerprint density at radius 3 is 2.36 bits per heavy atom. The van der Waals surface area contributed by atoms with Crippen molar-refractivity contribution in [3.63, 3.8) is 0 Å². The molecule has 1 atom stereocenters. The summed E-state index contributed by atoms with van der Waals surface area (Å²) in [4.78, 5) is 0. The van der Waals surface area contributed by atoms with Crippen LogP contribution in [-0.2, 0) is 6.54 Å². The maximum Gasteiger partial charge on any atom is 0.0208 e. The van der Waals surface area contributed by atoms with Gasteiger partial charge in [0.25, 0.3) is 0 Å². The van der Waals surface area contributed by atoms with E-state index in [1.54, 1.807) is 0 Å². The minimum Gasteiger partial charge on any atom is -0.310 e. The first-order chi connectivity index (χ1) is 10.7. The zero-order valence-electron chi connectivity index (χ0n) is 14.9. The molecule has 0 amide bonds. The van der Waals surface area contributed by atoms with Gasteiger partial charge >= 0.3 is 0 Å². The highest BCUT2D eigenvalue weighted by molar-refractivity contribution is 5.14. The van der Waals surface area contributed by atoms with Gasteiger partial charge in [0, 0.05) is 12.6 Å². The molecule has 1 N–H and O–H groups in total. The van der Waals surface area contributed by atoms with Gasteiger partial charge in [-0.25, -0.2) is 0 Å². The molecule has 0 bridgehead atoms. The van der Waals surface area contributed by atoms with Crippen LogP contribution in [0.4, 0.5) is 0 Å². The minimum atomic E-state index is 0.612. The van der Waals surface area contributed by atoms with Crippen LogP contribution in [0.25, 0.3) is 0 Å². The van der Waals surface area contributed by atoms with E-state index in [0.717, 1.165) is 13.0 Å². The molecule has 1 rings (SSSR count). The molecule has 1 aromatic carbocycles. The summed E-state index contributed by atoms with van der Waals surface area (Å²) >= 11 is 0. The number of nitrogens with one attached hydrogen (secondary N) is 1. The lowest BCUT2D eigenvalue weighted by Gasteiger charge is -2.18. The topological polar surface area (TPSA) is 12.0 Å². The Balaban J connectivity index is 2.31. The third kappa shape index (κ3) is 9.78. The van der Waals surface area contributed by atoms with Gasteiger partial charge in [0.1, 0.15) is 0 Å². The molecule has 124 valence electrons. The minimum absolute atomic E-state index is 0.612. The fourth-order valence-corrected chi connectivity index (χ4v) is 2.71. The molecule has 0 radical (unpaired) electrons. The van der Waals surface area contributed by atoms with Gasteiger partial charge in [0.05, 0.1) is 0 Å². The molecule has 0 spiro atoms. The molecule has 0 saturated heterocycles. The number of rotatable bonds is 12. The summed E-state index contributed by atoms with van der Waals surface area (Å²) in [5.41, 5.74) is 2.81. The van der Waals surface area contributed by atoms with Crippen LogP contribution >= 0.6 is 0 Å². The summed E-state index contributed by atoms with van der Waals surface area (Å²) in [7, 11) is 0. The largest absolute Gasteiger partial charge is 0.310 e. The van der Waals surface area contributed by atoms with Crippen LogP contribution in [0.15, 0.2) is 42.0 Å². The highest BCUT2D eigenvalue weighted by Gasteiger charge is 2.06. The highest BCUT2D eigenvalue weighted by atomic mass is 14.9. The molecule has 0 aromatic heterocycles. The van der Waals surface area contributed by atoms with Crippen LogP contribution in [0, 0.1) is 0 Å². The van der Waals surface area contributed by atoms with E-state index in [0.29, 0.717) is 6.04 Å². The summed E-state index contributed by atoms with van der Waals surface area (Å²) in [6, 6.07) is 11.3. The first kappa shape index (κ1) is 19.0.